The molecule has 3 nitrogen and oxygen atoms in total. The van der Waals surface area contributed by atoms with Crippen LogP contribution in [0.4, 0.5) is 0 Å². The monoisotopic (exact) mass is 194 g/mol. The molecule has 0 saturated heterocycles. The lowest BCUT2D eigenvalue weighted by Gasteiger charge is -1.96. The minimum absolute atomic E-state index is 0.245. The summed E-state index contributed by atoms with van der Waals surface area (Å²) in [6.45, 7) is 0. The van der Waals surface area contributed by atoms with E-state index in [2.05, 4.69) is 9.97 Å². The van der Waals surface area contributed by atoms with Crippen LogP contribution in [0.5, 0.6) is 5.75 Å². The topological polar surface area (TPSA) is 48.9 Å². The Labute approximate surface area is 80.0 Å². The number of H-pyrrole nitrogens is 1. The van der Waals surface area contributed by atoms with Gasteiger partial charge in [0.1, 0.15) is 5.75 Å². The van der Waals surface area contributed by atoms with Crippen LogP contribution in [0.3, 0.4) is 0 Å². The predicted molar refractivity (Wildman–Crippen MR) is 50.7 cm³/mol. The second kappa shape index (κ2) is 3.11. The number of imidazole rings is 1. The summed E-state index contributed by atoms with van der Waals surface area (Å²) in [6.07, 6.45) is 1.65. The number of halogens is 1. The molecule has 0 amide bonds. The summed E-state index contributed by atoms with van der Waals surface area (Å²) in [5, 5.41) is 9.42. The molecule has 13 heavy (non-hydrogen) atoms. The second-order valence-electron chi connectivity index (χ2n) is 2.63. The molecule has 66 valence electrons. The van der Waals surface area contributed by atoms with Crippen LogP contribution < -0.4 is 0 Å². The Balaban J connectivity index is 2.41. The van der Waals surface area contributed by atoms with E-state index < -0.39 is 0 Å². The van der Waals surface area contributed by atoms with Gasteiger partial charge in [-0.2, -0.15) is 0 Å². The number of phenols is 1. The highest BCUT2D eigenvalue weighted by Gasteiger charge is 2.00. The SMILES string of the molecule is Oc1ccc(-c2cnc(Cl)[nH]2)cc1. The minimum atomic E-state index is 0.245. The summed E-state index contributed by atoms with van der Waals surface area (Å²) in [5.74, 6) is 0.245. The summed E-state index contributed by atoms with van der Waals surface area (Å²) in [4.78, 5) is 6.75. The smallest absolute Gasteiger partial charge is 0.200 e. The van der Waals surface area contributed by atoms with Crippen molar-refractivity contribution in [3.8, 4) is 17.0 Å². The van der Waals surface area contributed by atoms with Crippen molar-refractivity contribution >= 4 is 11.6 Å². The van der Waals surface area contributed by atoms with Crippen LogP contribution in [-0.4, -0.2) is 15.1 Å². The molecule has 0 bridgehead atoms. The van der Waals surface area contributed by atoms with Gasteiger partial charge in [0.05, 0.1) is 11.9 Å². The fourth-order valence-electron chi connectivity index (χ4n) is 1.08. The van der Waals surface area contributed by atoms with Crippen molar-refractivity contribution in [3.63, 3.8) is 0 Å². The van der Waals surface area contributed by atoms with Crippen LogP contribution in [0.2, 0.25) is 5.28 Å². The molecule has 0 aliphatic rings. The van der Waals surface area contributed by atoms with Crippen LogP contribution in [0.15, 0.2) is 30.5 Å². The molecule has 0 spiro atoms. The molecule has 0 aliphatic carbocycles. The first kappa shape index (κ1) is 8.13. The number of aromatic hydroxyl groups is 1. The Bertz CT molecular complexity index is 408. The largest absolute Gasteiger partial charge is 0.508 e. The number of hydrogen-bond donors (Lipinski definition) is 2. The Morgan fingerprint density at radius 3 is 2.46 bits per heavy atom. The van der Waals surface area contributed by atoms with Gasteiger partial charge in [0, 0.05) is 0 Å². The van der Waals surface area contributed by atoms with Crippen molar-refractivity contribution in [2.45, 2.75) is 0 Å². The Kier molecular flexibility index (Phi) is 1.94. The van der Waals surface area contributed by atoms with Gasteiger partial charge in [0.2, 0.25) is 0 Å². The van der Waals surface area contributed by atoms with E-state index >= 15 is 0 Å². The Morgan fingerprint density at radius 1 is 1.23 bits per heavy atom. The highest BCUT2D eigenvalue weighted by molar-refractivity contribution is 6.28. The predicted octanol–water partition coefficient (Wildman–Crippen LogP) is 2.44. The van der Waals surface area contributed by atoms with Gasteiger partial charge >= 0.3 is 0 Å². The first-order valence-electron chi connectivity index (χ1n) is 3.75. The molecular weight excluding hydrogens is 188 g/mol. The van der Waals surface area contributed by atoms with Gasteiger partial charge in [0.15, 0.2) is 5.28 Å². The molecule has 2 N–H and O–H groups in total. The molecule has 0 aliphatic heterocycles. The number of hydrogen-bond acceptors (Lipinski definition) is 2. The number of phenolic OH excluding ortho intramolecular Hbond substituents is 1. The molecule has 0 radical (unpaired) electrons. The lowest BCUT2D eigenvalue weighted by Crippen LogP contribution is -1.75. The van der Waals surface area contributed by atoms with Crippen molar-refractivity contribution in [3.05, 3.63) is 35.7 Å². The molecular formula is C9H7ClN2O. The highest BCUT2D eigenvalue weighted by atomic mass is 35.5. The zero-order valence-electron chi connectivity index (χ0n) is 6.66. The minimum Gasteiger partial charge on any atom is -0.508 e. The van der Waals surface area contributed by atoms with E-state index in [4.69, 9.17) is 16.7 Å². The third kappa shape index (κ3) is 1.65. The summed E-state index contributed by atoms with van der Waals surface area (Å²) in [7, 11) is 0. The number of rotatable bonds is 1. The van der Waals surface area contributed by atoms with Crippen LogP contribution in [0, 0.1) is 0 Å². The number of nitrogens with one attached hydrogen (secondary N) is 1. The zero-order valence-corrected chi connectivity index (χ0v) is 7.42. The lowest BCUT2D eigenvalue weighted by atomic mass is 10.2. The second-order valence-corrected chi connectivity index (χ2v) is 2.99. The molecule has 0 atom stereocenters. The highest BCUT2D eigenvalue weighted by Crippen LogP contribution is 2.20. The zero-order chi connectivity index (χ0) is 9.26. The van der Waals surface area contributed by atoms with Gasteiger partial charge in [-0.15, -0.1) is 0 Å². The van der Waals surface area contributed by atoms with Gasteiger partial charge in [0.25, 0.3) is 0 Å². The third-order valence-corrected chi connectivity index (χ3v) is 1.92. The molecule has 1 aromatic carbocycles. The van der Waals surface area contributed by atoms with Crippen molar-refractivity contribution in [1.29, 1.82) is 0 Å². The van der Waals surface area contributed by atoms with Gasteiger partial charge < -0.3 is 10.1 Å². The first-order chi connectivity index (χ1) is 6.25. The first-order valence-corrected chi connectivity index (χ1v) is 4.13. The van der Waals surface area contributed by atoms with Crippen LogP contribution in [0.25, 0.3) is 11.3 Å². The average Bonchev–Trinajstić information content (AvgIpc) is 2.53. The molecule has 2 rings (SSSR count). The fraction of sp³-hybridized carbons (Fsp3) is 0. The molecule has 0 saturated carbocycles. The van der Waals surface area contributed by atoms with E-state index in [0.29, 0.717) is 5.28 Å². The fourth-order valence-corrected chi connectivity index (χ4v) is 1.24. The summed E-state index contributed by atoms with van der Waals surface area (Å²) < 4.78 is 0. The standard InChI is InChI=1S/C9H7ClN2O/c10-9-11-5-8(12-9)6-1-3-7(13)4-2-6/h1-5,13H,(H,11,12). The normalized spacial score (nSPS) is 10.2. The van der Waals surface area contributed by atoms with Crippen LogP contribution >= 0.6 is 11.6 Å². The van der Waals surface area contributed by atoms with E-state index in [1.54, 1.807) is 30.5 Å². The van der Waals surface area contributed by atoms with E-state index in [1.807, 2.05) is 0 Å². The molecule has 1 heterocycles. The lowest BCUT2D eigenvalue weighted by molar-refractivity contribution is 0.475. The van der Waals surface area contributed by atoms with Crippen molar-refractivity contribution in [1.82, 2.24) is 9.97 Å². The molecule has 1 aromatic heterocycles. The van der Waals surface area contributed by atoms with Crippen LogP contribution in [-0.2, 0) is 0 Å². The summed E-state index contributed by atoms with van der Waals surface area (Å²) in [5.41, 5.74) is 1.78. The molecule has 0 fully saturated rings. The quantitative estimate of drug-likeness (QED) is 0.733. The van der Waals surface area contributed by atoms with E-state index in [9.17, 15) is 0 Å². The number of aromatic amines is 1. The molecule has 2 aromatic rings. The number of nitrogens with zero attached hydrogens (tertiary/aromatic N) is 1. The molecule has 0 unspecified atom stereocenters. The van der Waals surface area contributed by atoms with Crippen LogP contribution in [0.1, 0.15) is 0 Å². The van der Waals surface area contributed by atoms with E-state index in [-0.39, 0.29) is 5.75 Å². The van der Waals surface area contributed by atoms with Crippen molar-refractivity contribution < 1.29 is 5.11 Å². The molecule has 4 heteroatoms. The number of aromatic nitrogens is 2. The maximum absolute atomic E-state index is 9.06. The van der Waals surface area contributed by atoms with Gasteiger partial charge in [-0.25, -0.2) is 4.98 Å². The van der Waals surface area contributed by atoms with Gasteiger partial charge in [-0.3, -0.25) is 0 Å². The summed E-state index contributed by atoms with van der Waals surface area (Å²) >= 11 is 5.63. The van der Waals surface area contributed by atoms with Gasteiger partial charge in [-0.1, -0.05) is 0 Å². The summed E-state index contributed by atoms with van der Waals surface area (Å²) in [6, 6.07) is 6.81. The maximum atomic E-state index is 9.06. The van der Waals surface area contributed by atoms with E-state index in [0.717, 1.165) is 11.3 Å². The average molecular weight is 195 g/mol. The maximum Gasteiger partial charge on any atom is 0.200 e. The van der Waals surface area contributed by atoms with E-state index in [1.165, 1.54) is 0 Å². The third-order valence-electron chi connectivity index (χ3n) is 1.72. The van der Waals surface area contributed by atoms with Gasteiger partial charge in [-0.05, 0) is 41.4 Å². The Morgan fingerprint density at radius 2 is 1.92 bits per heavy atom. The number of benzene rings is 1. The van der Waals surface area contributed by atoms with Crippen molar-refractivity contribution in [2.75, 3.05) is 0 Å². The van der Waals surface area contributed by atoms with Crippen molar-refractivity contribution in [2.24, 2.45) is 0 Å². The Hall–Kier alpha value is -1.48.